The van der Waals surface area contributed by atoms with Gasteiger partial charge in [0.05, 0.1) is 0 Å². The van der Waals surface area contributed by atoms with E-state index in [-0.39, 0.29) is 0 Å². The van der Waals surface area contributed by atoms with Crippen molar-refractivity contribution >= 4 is 26.1 Å². The number of nitrogens with zero attached hydrogens (tertiary/aromatic N) is 3. The Morgan fingerprint density at radius 3 is 2.74 bits per heavy atom. The molecule has 1 aromatic rings. The second-order valence-electron chi connectivity index (χ2n) is 4.70. The van der Waals surface area contributed by atoms with Crippen molar-refractivity contribution in [2.24, 2.45) is 0 Å². The molecule has 1 fully saturated rings. The molecule has 0 bridgehead atoms. The Hall–Kier alpha value is -1.11. The number of morpholine rings is 1. The Balaban J connectivity index is 2.35. The third-order valence-corrected chi connectivity index (χ3v) is 5.40. The molecule has 0 aromatic carbocycles. The first-order valence-corrected chi connectivity index (χ1v) is 8.57. The number of anilines is 1. The number of hydrogen-bond donors (Lipinski definition) is 0. The standard InChI is InChI=1S/C13H17AsFN3O/c1-9(2)14-12-10(8-16)7-11(15)13(17-12)18-3-5-19-6-4-18/h7,9,14H,3-6H2,1-2H3. The zero-order valence-electron chi connectivity index (χ0n) is 11.1. The second kappa shape index (κ2) is 6.36. The van der Waals surface area contributed by atoms with Crippen molar-refractivity contribution in [1.82, 2.24) is 4.98 Å². The predicted molar refractivity (Wildman–Crippen MR) is 73.8 cm³/mol. The number of ether oxygens (including phenoxy) is 1. The van der Waals surface area contributed by atoms with Gasteiger partial charge in [-0.05, 0) is 0 Å². The second-order valence-corrected chi connectivity index (χ2v) is 8.72. The average Bonchev–Trinajstić information content (AvgIpc) is 2.40. The molecule has 1 unspecified atom stereocenters. The van der Waals surface area contributed by atoms with Crippen molar-refractivity contribution in [3.63, 3.8) is 0 Å². The van der Waals surface area contributed by atoms with Crippen LogP contribution in [0.1, 0.15) is 19.4 Å². The summed E-state index contributed by atoms with van der Waals surface area (Å²) < 4.78 is 20.6. The molecule has 1 saturated heterocycles. The molecule has 1 aliphatic heterocycles. The van der Waals surface area contributed by atoms with Crippen LogP contribution in [0, 0.1) is 17.1 Å². The maximum absolute atomic E-state index is 14.1. The maximum atomic E-state index is 14.1. The number of halogens is 1. The molecule has 1 aliphatic rings. The van der Waals surface area contributed by atoms with Crippen LogP contribution in [0.2, 0.25) is 4.71 Å². The molecule has 6 heteroatoms. The quantitative estimate of drug-likeness (QED) is 0.772. The van der Waals surface area contributed by atoms with Gasteiger partial charge in [-0.1, -0.05) is 0 Å². The summed E-state index contributed by atoms with van der Waals surface area (Å²) in [5, 5.41) is 9.09. The number of rotatable bonds is 3. The van der Waals surface area contributed by atoms with E-state index in [1.807, 2.05) is 4.90 Å². The average molecular weight is 325 g/mol. The topological polar surface area (TPSA) is 49.2 Å². The molecule has 0 spiro atoms. The zero-order chi connectivity index (χ0) is 13.8. The normalized spacial score (nSPS) is 16.3. The monoisotopic (exact) mass is 325 g/mol. The van der Waals surface area contributed by atoms with Gasteiger partial charge < -0.3 is 0 Å². The van der Waals surface area contributed by atoms with Crippen molar-refractivity contribution in [1.29, 1.82) is 5.26 Å². The van der Waals surface area contributed by atoms with E-state index in [9.17, 15) is 4.39 Å². The Kier molecular flexibility index (Phi) is 4.79. The van der Waals surface area contributed by atoms with Gasteiger partial charge in [-0.3, -0.25) is 0 Å². The van der Waals surface area contributed by atoms with Gasteiger partial charge in [-0.2, -0.15) is 0 Å². The molecule has 1 aromatic heterocycles. The Bertz CT molecular complexity index is 495. The summed E-state index contributed by atoms with van der Waals surface area (Å²) in [5.74, 6) is -0.0285. The Morgan fingerprint density at radius 2 is 2.16 bits per heavy atom. The molecule has 0 amide bonds. The summed E-state index contributed by atoms with van der Waals surface area (Å²) in [6, 6.07) is 3.39. The van der Waals surface area contributed by atoms with E-state index >= 15 is 0 Å². The fourth-order valence-corrected chi connectivity index (χ4v) is 4.04. The molecular weight excluding hydrogens is 308 g/mol. The minimum absolute atomic E-state index is 0.377. The van der Waals surface area contributed by atoms with E-state index in [2.05, 4.69) is 24.9 Å². The summed E-state index contributed by atoms with van der Waals surface area (Å²) >= 11 is -0.515. The van der Waals surface area contributed by atoms with Gasteiger partial charge in [-0.15, -0.1) is 0 Å². The van der Waals surface area contributed by atoms with E-state index in [0.29, 0.717) is 42.4 Å². The van der Waals surface area contributed by atoms with E-state index in [4.69, 9.17) is 10.00 Å². The van der Waals surface area contributed by atoms with Crippen LogP contribution in [0.5, 0.6) is 0 Å². The molecule has 19 heavy (non-hydrogen) atoms. The molecule has 0 N–H and O–H groups in total. The van der Waals surface area contributed by atoms with Crippen molar-refractivity contribution in [2.45, 2.75) is 18.6 Å². The Morgan fingerprint density at radius 1 is 1.47 bits per heavy atom. The molecule has 102 valence electrons. The molecule has 2 rings (SSSR count). The van der Waals surface area contributed by atoms with Crippen LogP contribution in [-0.4, -0.2) is 47.0 Å². The van der Waals surface area contributed by atoms with E-state index in [1.54, 1.807) is 0 Å². The molecule has 0 radical (unpaired) electrons. The number of aromatic nitrogens is 1. The van der Waals surface area contributed by atoms with E-state index in [0.717, 1.165) is 4.48 Å². The van der Waals surface area contributed by atoms with E-state index in [1.165, 1.54) is 6.07 Å². The van der Waals surface area contributed by atoms with Gasteiger partial charge >= 0.3 is 119 Å². The number of pyridine rings is 1. The van der Waals surface area contributed by atoms with Crippen molar-refractivity contribution < 1.29 is 9.13 Å². The zero-order valence-corrected chi connectivity index (χ0v) is 13.2. The van der Waals surface area contributed by atoms with Crippen LogP contribution in [0.4, 0.5) is 10.2 Å². The minimum atomic E-state index is -0.515. The van der Waals surface area contributed by atoms with E-state index < -0.39 is 21.6 Å². The predicted octanol–water partition coefficient (Wildman–Crippen LogP) is 0.819. The molecule has 0 saturated carbocycles. The third-order valence-electron chi connectivity index (χ3n) is 2.81. The van der Waals surface area contributed by atoms with Gasteiger partial charge in [0.15, 0.2) is 0 Å². The summed E-state index contributed by atoms with van der Waals surface area (Å²) in [6.07, 6.45) is 0. The summed E-state index contributed by atoms with van der Waals surface area (Å²) in [4.78, 5) is 6.33. The first-order chi connectivity index (χ1) is 9.11. The first-order valence-electron chi connectivity index (χ1n) is 6.31. The van der Waals surface area contributed by atoms with Gasteiger partial charge in [0.25, 0.3) is 0 Å². The first kappa shape index (κ1) is 14.3. The summed E-state index contributed by atoms with van der Waals surface area (Å²) in [6.45, 7) is 6.71. The molecular formula is C13H17AsFN3O. The molecule has 2 heterocycles. The van der Waals surface area contributed by atoms with Crippen molar-refractivity contribution in [2.75, 3.05) is 31.2 Å². The SMILES string of the molecule is CC(C)[AsH]c1nc(N2CCOCC2)c(F)cc1C#N. The van der Waals surface area contributed by atoms with Crippen LogP contribution in [-0.2, 0) is 4.74 Å². The number of nitriles is 1. The van der Waals surface area contributed by atoms with Crippen LogP contribution in [0.3, 0.4) is 0 Å². The fraction of sp³-hybridized carbons (Fsp3) is 0.538. The Labute approximate surface area is 119 Å². The van der Waals surface area contributed by atoms with Gasteiger partial charge in [-0.25, -0.2) is 0 Å². The van der Waals surface area contributed by atoms with Crippen molar-refractivity contribution in [3.8, 4) is 6.07 Å². The van der Waals surface area contributed by atoms with Crippen LogP contribution >= 0.6 is 0 Å². The van der Waals surface area contributed by atoms with Crippen molar-refractivity contribution in [3.05, 3.63) is 17.4 Å². The fourth-order valence-electron chi connectivity index (χ4n) is 1.94. The van der Waals surface area contributed by atoms with Gasteiger partial charge in [0, 0.05) is 0 Å². The van der Waals surface area contributed by atoms with Crippen LogP contribution in [0.15, 0.2) is 6.07 Å². The molecule has 0 aliphatic carbocycles. The molecule has 1 atom stereocenters. The van der Waals surface area contributed by atoms with Crippen LogP contribution < -0.4 is 9.38 Å². The third kappa shape index (κ3) is 3.46. The van der Waals surface area contributed by atoms with Gasteiger partial charge in [0.1, 0.15) is 0 Å². The van der Waals surface area contributed by atoms with Crippen LogP contribution in [0.25, 0.3) is 0 Å². The number of hydrogen-bond acceptors (Lipinski definition) is 4. The van der Waals surface area contributed by atoms with Gasteiger partial charge in [0.2, 0.25) is 0 Å². The molecule has 4 nitrogen and oxygen atoms in total. The summed E-state index contributed by atoms with van der Waals surface area (Å²) in [7, 11) is 0. The summed E-state index contributed by atoms with van der Waals surface area (Å²) in [5.41, 5.74) is 0.392.